The fourth-order valence-corrected chi connectivity index (χ4v) is 4.66. The van der Waals surface area contributed by atoms with Crippen molar-refractivity contribution in [3.63, 3.8) is 0 Å². The van der Waals surface area contributed by atoms with Crippen molar-refractivity contribution >= 4 is 45.2 Å². The lowest BCUT2D eigenvalue weighted by atomic mass is 10.2. The van der Waals surface area contributed by atoms with Crippen LogP contribution in [0.15, 0.2) is 29.3 Å². The standard InChI is InChI=1S/C18H22N4OS2/c1-2-8-21-9-11-22(12-10-21)16-6-4-3-5-15(16)20-17(23)14-25-18-19-7-13-24-18/h1,3-6H,7-14H2,(H,20,23). The van der Waals surface area contributed by atoms with Crippen LogP contribution in [-0.4, -0.2) is 66.0 Å². The first-order valence-electron chi connectivity index (χ1n) is 8.36. The third kappa shape index (κ3) is 5.18. The average molecular weight is 375 g/mol. The van der Waals surface area contributed by atoms with Crippen molar-refractivity contribution in [1.82, 2.24) is 4.90 Å². The minimum Gasteiger partial charge on any atom is -0.367 e. The van der Waals surface area contributed by atoms with Crippen LogP contribution in [0.3, 0.4) is 0 Å². The van der Waals surface area contributed by atoms with E-state index in [1.54, 1.807) is 11.8 Å². The molecular weight excluding hydrogens is 352 g/mol. The maximum Gasteiger partial charge on any atom is 0.234 e. The van der Waals surface area contributed by atoms with Gasteiger partial charge in [-0.2, -0.15) is 0 Å². The maximum absolute atomic E-state index is 12.3. The summed E-state index contributed by atoms with van der Waals surface area (Å²) in [6.07, 6.45) is 5.39. The second kappa shape index (κ2) is 9.18. The van der Waals surface area contributed by atoms with E-state index in [-0.39, 0.29) is 5.91 Å². The number of anilines is 2. The fourth-order valence-electron chi connectivity index (χ4n) is 2.85. The molecule has 5 nitrogen and oxygen atoms in total. The Hall–Kier alpha value is -1.62. The highest BCUT2D eigenvalue weighted by Gasteiger charge is 2.19. The zero-order chi connectivity index (χ0) is 17.5. The van der Waals surface area contributed by atoms with Crippen molar-refractivity contribution in [3.8, 4) is 12.3 Å². The molecule has 0 saturated carbocycles. The maximum atomic E-state index is 12.3. The number of thioether (sulfide) groups is 2. The van der Waals surface area contributed by atoms with Crippen LogP contribution in [-0.2, 0) is 4.79 Å². The molecule has 1 N–H and O–H groups in total. The van der Waals surface area contributed by atoms with E-state index in [4.69, 9.17) is 6.42 Å². The van der Waals surface area contributed by atoms with Gasteiger partial charge in [0.05, 0.1) is 30.2 Å². The molecule has 0 aromatic heterocycles. The van der Waals surface area contributed by atoms with E-state index >= 15 is 0 Å². The highest BCUT2D eigenvalue weighted by molar-refractivity contribution is 8.39. The molecule has 0 unspecified atom stereocenters. The van der Waals surface area contributed by atoms with Crippen LogP contribution >= 0.6 is 23.5 Å². The Bertz CT molecular complexity index is 678. The normalized spacial score (nSPS) is 17.9. The van der Waals surface area contributed by atoms with Gasteiger partial charge in [-0.15, -0.1) is 6.42 Å². The molecule has 25 heavy (non-hydrogen) atoms. The third-order valence-electron chi connectivity index (χ3n) is 4.09. The van der Waals surface area contributed by atoms with Gasteiger partial charge in [0.15, 0.2) is 0 Å². The molecule has 0 radical (unpaired) electrons. The monoisotopic (exact) mass is 374 g/mol. The number of rotatable bonds is 5. The van der Waals surface area contributed by atoms with Gasteiger partial charge in [-0.3, -0.25) is 14.7 Å². The van der Waals surface area contributed by atoms with E-state index in [2.05, 4.69) is 32.1 Å². The van der Waals surface area contributed by atoms with Crippen LogP contribution in [0.25, 0.3) is 0 Å². The number of terminal acetylenes is 1. The van der Waals surface area contributed by atoms with Crippen molar-refractivity contribution in [2.45, 2.75) is 0 Å². The molecule has 1 fully saturated rings. The summed E-state index contributed by atoms with van der Waals surface area (Å²) < 4.78 is 1.02. The number of nitrogens with zero attached hydrogens (tertiary/aromatic N) is 3. The first kappa shape index (κ1) is 18.2. The molecule has 0 atom stereocenters. The Labute approximate surface area is 157 Å². The zero-order valence-electron chi connectivity index (χ0n) is 14.1. The van der Waals surface area contributed by atoms with Crippen LogP contribution in [0.1, 0.15) is 0 Å². The average Bonchev–Trinajstić information content (AvgIpc) is 3.15. The second-order valence-corrected chi connectivity index (χ2v) is 8.12. The van der Waals surface area contributed by atoms with Crippen molar-refractivity contribution in [2.24, 2.45) is 4.99 Å². The van der Waals surface area contributed by atoms with Gasteiger partial charge in [0.25, 0.3) is 0 Å². The van der Waals surface area contributed by atoms with Crippen LogP contribution in [0.4, 0.5) is 11.4 Å². The van der Waals surface area contributed by atoms with Gasteiger partial charge in [0.1, 0.15) is 4.38 Å². The van der Waals surface area contributed by atoms with Crippen LogP contribution < -0.4 is 10.2 Å². The predicted octanol–water partition coefficient (Wildman–Crippen LogP) is 2.22. The quantitative estimate of drug-likeness (QED) is 0.801. The Morgan fingerprint density at radius 1 is 1.32 bits per heavy atom. The van der Waals surface area contributed by atoms with Crippen molar-refractivity contribution in [2.75, 3.05) is 61.0 Å². The summed E-state index contributed by atoms with van der Waals surface area (Å²) in [5, 5.41) is 3.06. The summed E-state index contributed by atoms with van der Waals surface area (Å²) in [6, 6.07) is 8.00. The largest absolute Gasteiger partial charge is 0.367 e. The molecule has 0 aliphatic carbocycles. The minimum absolute atomic E-state index is 0.0126. The number of carbonyl (C=O) groups excluding carboxylic acids is 1. The predicted molar refractivity (Wildman–Crippen MR) is 110 cm³/mol. The highest BCUT2D eigenvalue weighted by Crippen LogP contribution is 2.27. The number of aliphatic imine (C=N–C) groups is 1. The Morgan fingerprint density at radius 3 is 2.84 bits per heavy atom. The molecule has 1 aromatic rings. The van der Waals surface area contributed by atoms with E-state index in [1.165, 1.54) is 11.8 Å². The number of nitrogens with one attached hydrogen (secondary N) is 1. The van der Waals surface area contributed by atoms with E-state index in [1.807, 2.05) is 18.2 Å². The van der Waals surface area contributed by atoms with Gasteiger partial charge in [0.2, 0.25) is 5.91 Å². The SMILES string of the molecule is C#CCN1CCN(c2ccccc2NC(=O)CSC2=NCCS2)CC1. The minimum atomic E-state index is 0.0126. The molecule has 7 heteroatoms. The Morgan fingerprint density at radius 2 is 2.12 bits per heavy atom. The van der Waals surface area contributed by atoms with Crippen LogP contribution in [0.2, 0.25) is 0 Å². The van der Waals surface area contributed by atoms with E-state index in [0.29, 0.717) is 12.3 Å². The molecule has 0 spiro atoms. The number of benzene rings is 1. The Kier molecular flexibility index (Phi) is 6.68. The number of amides is 1. The molecule has 3 rings (SSSR count). The third-order valence-corrected chi connectivity index (χ3v) is 6.34. The van der Waals surface area contributed by atoms with Gasteiger partial charge < -0.3 is 10.2 Å². The molecular formula is C18H22N4OS2. The van der Waals surface area contributed by atoms with E-state index < -0.39 is 0 Å². The molecule has 1 aromatic carbocycles. The topological polar surface area (TPSA) is 47.9 Å². The summed E-state index contributed by atoms with van der Waals surface area (Å²) in [5.74, 6) is 4.14. The zero-order valence-corrected chi connectivity index (χ0v) is 15.7. The fraction of sp³-hybridized carbons (Fsp3) is 0.444. The highest BCUT2D eigenvalue weighted by atomic mass is 32.2. The molecule has 132 valence electrons. The van der Waals surface area contributed by atoms with E-state index in [9.17, 15) is 4.79 Å². The summed E-state index contributed by atoms with van der Waals surface area (Å²) in [7, 11) is 0. The molecule has 2 aliphatic rings. The van der Waals surface area contributed by atoms with Gasteiger partial charge >= 0.3 is 0 Å². The summed E-state index contributed by atoms with van der Waals surface area (Å²) in [5.41, 5.74) is 1.95. The van der Waals surface area contributed by atoms with Crippen molar-refractivity contribution in [3.05, 3.63) is 24.3 Å². The lowest BCUT2D eigenvalue weighted by molar-refractivity contribution is -0.113. The molecule has 1 amide bonds. The number of hydrogen-bond acceptors (Lipinski definition) is 6. The number of piperazine rings is 1. The summed E-state index contributed by atoms with van der Waals surface area (Å²) in [6.45, 7) is 5.28. The lowest BCUT2D eigenvalue weighted by Crippen LogP contribution is -2.46. The summed E-state index contributed by atoms with van der Waals surface area (Å²) in [4.78, 5) is 21.2. The smallest absolute Gasteiger partial charge is 0.234 e. The first-order chi connectivity index (χ1) is 12.3. The summed E-state index contributed by atoms with van der Waals surface area (Å²) >= 11 is 3.25. The van der Waals surface area contributed by atoms with Gasteiger partial charge in [0, 0.05) is 31.9 Å². The lowest BCUT2D eigenvalue weighted by Gasteiger charge is -2.36. The Balaban J connectivity index is 1.57. The van der Waals surface area contributed by atoms with Crippen molar-refractivity contribution < 1.29 is 4.79 Å². The second-order valence-electron chi connectivity index (χ2n) is 5.82. The molecule has 1 saturated heterocycles. The number of para-hydroxylation sites is 2. The van der Waals surface area contributed by atoms with Crippen molar-refractivity contribution in [1.29, 1.82) is 0 Å². The van der Waals surface area contributed by atoms with E-state index in [0.717, 1.165) is 54.2 Å². The van der Waals surface area contributed by atoms with Crippen LogP contribution in [0.5, 0.6) is 0 Å². The first-order valence-corrected chi connectivity index (χ1v) is 10.3. The van der Waals surface area contributed by atoms with Crippen LogP contribution in [0, 0.1) is 12.3 Å². The molecule has 2 aliphatic heterocycles. The molecule has 2 heterocycles. The van der Waals surface area contributed by atoms with Gasteiger partial charge in [-0.1, -0.05) is 41.6 Å². The number of hydrogen-bond donors (Lipinski definition) is 1. The van der Waals surface area contributed by atoms with Gasteiger partial charge in [-0.25, -0.2) is 0 Å². The molecule has 0 bridgehead atoms. The van der Waals surface area contributed by atoms with Gasteiger partial charge in [-0.05, 0) is 12.1 Å². The number of carbonyl (C=O) groups is 1.